The molecule has 0 fully saturated rings. The van der Waals surface area contributed by atoms with Gasteiger partial charge in [0.25, 0.3) is 0 Å². The summed E-state index contributed by atoms with van der Waals surface area (Å²) in [4.78, 5) is 1.29. The molecule has 0 bridgehead atoms. The van der Waals surface area contributed by atoms with Gasteiger partial charge in [-0.15, -0.1) is 11.8 Å². The number of halogens is 1. The highest BCUT2D eigenvalue weighted by molar-refractivity contribution is 7.99. The molecular weight excluding hydrogens is 274 g/mol. The average Bonchev–Trinajstić information content (AvgIpc) is 2.42. The van der Waals surface area contributed by atoms with Crippen LogP contribution in [0, 0.1) is 0 Å². The summed E-state index contributed by atoms with van der Waals surface area (Å²) in [6.07, 6.45) is 0.764. The van der Waals surface area contributed by atoms with Gasteiger partial charge in [-0.05, 0) is 41.5 Å². The van der Waals surface area contributed by atoms with Gasteiger partial charge in [0.1, 0.15) is 0 Å². The van der Waals surface area contributed by atoms with Crippen molar-refractivity contribution < 1.29 is 0 Å². The van der Waals surface area contributed by atoms with Crippen molar-refractivity contribution in [1.82, 2.24) is 0 Å². The van der Waals surface area contributed by atoms with Crippen molar-refractivity contribution in [1.29, 1.82) is 0 Å². The fourth-order valence-electron chi connectivity index (χ4n) is 2.00. The molecule has 2 aromatic rings. The summed E-state index contributed by atoms with van der Waals surface area (Å²) in [5.74, 6) is 1.09. The van der Waals surface area contributed by atoms with Gasteiger partial charge in [0, 0.05) is 16.0 Å². The second-order valence-corrected chi connectivity index (χ2v) is 6.15. The molecule has 0 saturated heterocycles. The zero-order valence-corrected chi connectivity index (χ0v) is 12.5. The molecule has 0 spiro atoms. The van der Waals surface area contributed by atoms with Crippen molar-refractivity contribution in [3.05, 3.63) is 64.7 Å². The highest BCUT2D eigenvalue weighted by atomic mass is 35.5. The molecule has 19 heavy (non-hydrogen) atoms. The highest BCUT2D eigenvalue weighted by Gasteiger charge is 2.09. The fraction of sp³-hybridized carbons (Fsp3) is 0.250. The van der Waals surface area contributed by atoms with Crippen LogP contribution in [-0.4, -0.2) is 5.75 Å². The summed E-state index contributed by atoms with van der Waals surface area (Å²) in [6, 6.07) is 16.3. The molecule has 0 radical (unpaired) electrons. The molecule has 2 rings (SSSR count). The minimum atomic E-state index is -0.0134. The van der Waals surface area contributed by atoms with Crippen LogP contribution in [0.5, 0.6) is 0 Å². The van der Waals surface area contributed by atoms with E-state index in [-0.39, 0.29) is 6.04 Å². The maximum atomic E-state index is 6.25. The molecule has 0 saturated carbocycles. The standard InChI is InChI=1S/C16H18ClNS/c1-2-19-14-9-7-12(8-10-14)16(18)11-13-5-3-4-6-15(13)17/h3-10,16H,2,11,18H2,1H3. The van der Waals surface area contributed by atoms with Crippen LogP contribution in [-0.2, 0) is 6.42 Å². The molecule has 0 heterocycles. The first-order valence-corrected chi connectivity index (χ1v) is 7.78. The number of hydrogen-bond acceptors (Lipinski definition) is 2. The van der Waals surface area contributed by atoms with Gasteiger partial charge < -0.3 is 5.73 Å². The molecule has 0 aliphatic heterocycles. The Morgan fingerprint density at radius 2 is 1.79 bits per heavy atom. The molecule has 1 unspecified atom stereocenters. The molecule has 0 amide bonds. The van der Waals surface area contributed by atoms with Gasteiger partial charge in [0.2, 0.25) is 0 Å². The minimum absolute atomic E-state index is 0.0134. The summed E-state index contributed by atoms with van der Waals surface area (Å²) < 4.78 is 0. The van der Waals surface area contributed by atoms with Crippen LogP contribution in [0.3, 0.4) is 0 Å². The fourth-order valence-corrected chi connectivity index (χ4v) is 2.87. The molecule has 1 nitrogen and oxygen atoms in total. The summed E-state index contributed by atoms with van der Waals surface area (Å²) in [5, 5.41) is 0.788. The van der Waals surface area contributed by atoms with Crippen LogP contribution in [0.2, 0.25) is 5.02 Å². The quantitative estimate of drug-likeness (QED) is 0.809. The van der Waals surface area contributed by atoms with Gasteiger partial charge in [-0.25, -0.2) is 0 Å². The van der Waals surface area contributed by atoms with E-state index in [1.807, 2.05) is 36.0 Å². The Bertz CT molecular complexity index is 525. The van der Waals surface area contributed by atoms with E-state index in [2.05, 4.69) is 31.2 Å². The Balaban J connectivity index is 2.07. The van der Waals surface area contributed by atoms with Crippen LogP contribution in [0.15, 0.2) is 53.4 Å². The molecule has 0 aliphatic carbocycles. The normalized spacial score (nSPS) is 12.4. The molecule has 100 valence electrons. The second-order valence-electron chi connectivity index (χ2n) is 4.40. The number of rotatable bonds is 5. The van der Waals surface area contributed by atoms with Crippen LogP contribution in [0.4, 0.5) is 0 Å². The van der Waals surface area contributed by atoms with Gasteiger partial charge in [-0.3, -0.25) is 0 Å². The Morgan fingerprint density at radius 3 is 2.42 bits per heavy atom. The van der Waals surface area contributed by atoms with E-state index in [1.165, 1.54) is 4.90 Å². The van der Waals surface area contributed by atoms with Crippen LogP contribution in [0.1, 0.15) is 24.1 Å². The Kier molecular flexibility index (Phi) is 5.32. The van der Waals surface area contributed by atoms with Crippen molar-refractivity contribution >= 4 is 23.4 Å². The molecule has 3 heteroatoms. The molecule has 1 atom stereocenters. The average molecular weight is 292 g/mol. The lowest BCUT2D eigenvalue weighted by molar-refractivity contribution is 0.721. The smallest absolute Gasteiger partial charge is 0.0438 e. The first kappa shape index (κ1) is 14.4. The molecule has 2 aromatic carbocycles. The number of thioether (sulfide) groups is 1. The lowest BCUT2D eigenvalue weighted by atomic mass is 10.00. The van der Waals surface area contributed by atoms with Crippen LogP contribution in [0.25, 0.3) is 0 Å². The number of hydrogen-bond donors (Lipinski definition) is 1. The van der Waals surface area contributed by atoms with Gasteiger partial charge in [-0.2, -0.15) is 0 Å². The van der Waals surface area contributed by atoms with Crippen molar-refractivity contribution in [3.8, 4) is 0 Å². The van der Waals surface area contributed by atoms with Crippen molar-refractivity contribution in [2.45, 2.75) is 24.3 Å². The molecule has 0 aromatic heterocycles. The lowest BCUT2D eigenvalue weighted by Gasteiger charge is -2.13. The first-order chi connectivity index (χ1) is 9.20. The maximum absolute atomic E-state index is 6.25. The van der Waals surface area contributed by atoms with Gasteiger partial charge in [0.15, 0.2) is 0 Å². The second kappa shape index (κ2) is 6.99. The van der Waals surface area contributed by atoms with Gasteiger partial charge in [0.05, 0.1) is 0 Å². The third-order valence-electron chi connectivity index (χ3n) is 3.02. The summed E-state index contributed by atoms with van der Waals surface area (Å²) >= 11 is 8.00. The molecular formula is C16H18ClNS. The monoisotopic (exact) mass is 291 g/mol. The molecule has 0 aliphatic rings. The van der Waals surface area contributed by atoms with E-state index in [9.17, 15) is 0 Å². The summed E-state index contributed by atoms with van der Waals surface area (Å²) in [6.45, 7) is 2.15. The van der Waals surface area contributed by atoms with E-state index in [0.717, 1.165) is 28.3 Å². The molecule has 2 N–H and O–H groups in total. The van der Waals surface area contributed by atoms with Crippen LogP contribution < -0.4 is 5.73 Å². The Morgan fingerprint density at radius 1 is 1.11 bits per heavy atom. The summed E-state index contributed by atoms with van der Waals surface area (Å²) in [5.41, 5.74) is 8.51. The van der Waals surface area contributed by atoms with E-state index in [1.54, 1.807) is 0 Å². The minimum Gasteiger partial charge on any atom is -0.324 e. The number of benzene rings is 2. The van der Waals surface area contributed by atoms with E-state index < -0.39 is 0 Å². The third-order valence-corrected chi connectivity index (χ3v) is 4.28. The lowest BCUT2D eigenvalue weighted by Crippen LogP contribution is -2.13. The van der Waals surface area contributed by atoms with E-state index in [4.69, 9.17) is 17.3 Å². The Labute approximate surface area is 124 Å². The van der Waals surface area contributed by atoms with E-state index >= 15 is 0 Å². The zero-order chi connectivity index (χ0) is 13.7. The third kappa shape index (κ3) is 4.00. The zero-order valence-electron chi connectivity index (χ0n) is 11.0. The van der Waals surface area contributed by atoms with Gasteiger partial charge in [-0.1, -0.05) is 48.9 Å². The highest BCUT2D eigenvalue weighted by Crippen LogP contribution is 2.24. The first-order valence-electron chi connectivity index (χ1n) is 6.42. The van der Waals surface area contributed by atoms with Crippen LogP contribution >= 0.6 is 23.4 Å². The Hall–Kier alpha value is -0.960. The predicted octanol–water partition coefficient (Wildman–Crippen LogP) is 4.69. The predicted molar refractivity (Wildman–Crippen MR) is 84.9 cm³/mol. The van der Waals surface area contributed by atoms with Crippen molar-refractivity contribution in [3.63, 3.8) is 0 Å². The topological polar surface area (TPSA) is 26.0 Å². The largest absolute Gasteiger partial charge is 0.324 e. The van der Waals surface area contributed by atoms with E-state index in [0.29, 0.717) is 0 Å². The van der Waals surface area contributed by atoms with Crippen molar-refractivity contribution in [2.75, 3.05) is 5.75 Å². The van der Waals surface area contributed by atoms with Gasteiger partial charge >= 0.3 is 0 Å². The summed E-state index contributed by atoms with van der Waals surface area (Å²) in [7, 11) is 0. The number of nitrogens with two attached hydrogens (primary N) is 1. The maximum Gasteiger partial charge on any atom is 0.0438 e. The SMILES string of the molecule is CCSc1ccc(C(N)Cc2ccccc2Cl)cc1. The van der Waals surface area contributed by atoms with Crippen molar-refractivity contribution in [2.24, 2.45) is 5.73 Å².